The number of anilines is 4. The van der Waals surface area contributed by atoms with Gasteiger partial charge in [0.05, 0.1) is 31.5 Å². The van der Waals surface area contributed by atoms with Gasteiger partial charge in [-0.1, -0.05) is 42.5 Å². The Morgan fingerprint density at radius 1 is 0.817 bits per heavy atom. The molecule has 0 fully saturated rings. The van der Waals surface area contributed by atoms with Crippen molar-refractivity contribution in [2.75, 3.05) is 55.7 Å². The van der Waals surface area contributed by atoms with E-state index in [4.69, 9.17) is 18.9 Å². The van der Waals surface area contributed by atoms with Gasteiger partial charge in [0.25, 0.3) is 5.91 Å². The minimum atomic E-state index is -0.431. The number of carbonyl (C=O) groups excluding carboxylic acids is 3. The summed E-state index contributed by atoms with van der Waals surface area (Å²) >= 11 is 0. The molecule has 2 aliphatic rings. The minimum absolute atomic E-state index is 0.000240. The summed E-state index contributed by atoms with van der Waals surface area (Å²) in [5.41, 5.74) is 9.18. The van der Waals surface area contributed by atoms with Crippen LogP contribution in [0, 0.1) is 0 Å². The molecular weight excluding hydrogens is 761 g/mol. The van der Waals surface area contributed by atoms with E-state index in [0.717, 1.165) is 57.6 Å². The van der Waals surface area contributed by atoms with Crippen molar-refractivity contribution in [2.45, 2.75) is 58.0 Å². The number of methoxy groups -OCH3 is 2. The summed E-state index contributed by atoms with van der Waals surface area (Å²) in [5.74, 6) is 1.59. The number of benzene rings is 5. The van der Waals surface area contributed by atoms with E-state index in [2.05, 4.69) is 44.8 Å². The number of rotatable bonds is 15. The van der Waals surface area contributed by atoms with Gasteiger partial charge in [-0.05, 0) is 98.0 Å². The fourth-order valence-corrected chi connectivity index (χ4v) is 7.87. The number of para-hydroxylation sites is 1. The number of amides is 3. The number of ether oxygens (including phenoxy) is 4. The van der Waals surface area contributed by atoms with Gasteiger partial charge in [0, 0.05) is 60.4 Å². The summed E-state index contributed by atoms with van der Waals surface area (Å²) < 4.78 is 24.5. The number of hydrogen-bond donors (Lipinski definition) is 5. The highest BCUT2D eigenvalue weighted by Crippen LogP contribution is 2.42. The molecule has 0 saturated carbocycles. The molecule has 60 heavy (non-hydrogen) atoms. The van der Waals surface area contributed by atoms with Crippen LogP contribution in [0.5, 0.6) is 23.0 Å². The molecule has 13 nitrogen and oxygen atoms in total. The first-order chi connectivity index (χ1) is 29.1. The summed E-state index contributed by atoms with van der Waals surface area (Å²) in [6, 6.07) is 28.6. The highest BCUT2D eigenvalue weighted by atomic mass is 16.5. The Balaban J connectivity index is 1.15. The molecule has 5 N–H and O–H groups in total. The second-order valence-electron chi connectivity index (χ2n) is 15.0. The highest BCUT2D eigenvalue weighted by Gasteiger charge is 2.33. The van der Waals surface area contributed by atoms with Crippen molar-refractivity contribution in [1.29, 1.82) is 0 Å². The van der Waals surface area contributed by atoms with E-state index in [1.165, 1.54) is 0 Å². The number of hydrogen-bond acceptors (Lipinski definition) is 10. The van der Waals surface area contributed by atoms with E-state index < -0.39 is 6.04 Å². The third-order valence-corrected chi connectivity index (χ3v) is 11.1. The van der Waals surface area contributed by atoms with Crippen molar-refractivity contribution in [3.8, 4) is 34.1 Å². The van der Waals surface area contributed by atoms with Crippen LogP contribution in [0.2, 0.25) is 0 Å². The standard InChI is InChI=1S/C47H52N6O7/c1-28-15-33-12-8-10-14-41(33)53(28)47(56)38-21-43(58-6)44(22-39(38)49-4)59-25-30-16-31(18-34(17-30)52-46(55)29(2)48-3)26-60-45-23-40-37(20-42(45)57-5)36-13-9-7-11-32(36)19-35(24-50-40)51-27-54/h7-14,16-18,20-23,27-29,35,48-50H,15,19,24-26H2,1-6H3,(H,51,54)(H,52,55)/t28-,29?,35?/m1/s1. The molecule has 0 spiro atoms. The number of nitrogens with zero attached hydrogens (tertiary/aromatic N) is 1. The third-order valence-electron chi connectivity index (χ3n) is 11.1. The maximum Gasteiger partial charge on any atom is 0.260 e. The first kappa shape index (κ1) is 41.4. The van der Waals surface area contributed by atoms with Crippen LogP contribution >= 0.6 is 0 Å². The molecule has 312 valence electrons. The zero-order chi connectivity index (χ0) is 42.3. The molecule has 2 unspecified atom stereocenters. The number of nitrogens with one attached hydrogen (secondary N) is 5. The largest absolute Gasteiger partial charge is 0.493 e. The van der Waals surface area contributed by atoms with Crippen molar-refractivity contribution in [3.63, 3.8) is 0 Å². The zero-order valence-corrected chi connectivity index (χ0v) is 34.8. The number of likely N-dealkylation sites (N-methyl/N-ethyl adjacent to an activating group) is 1. The van der Waals surface area contributed by atoms with Gasteiger partial charge < -0.3 is 50.4 Å². The number of carbonyl (C=O) groups is 3. The quantitative estimate of drug-likeness (QED) is 0.0716. The molecule has 0 bridgehead atoms. The Morgan fingerprint density at radius 2 is 1.48 bits per heavy atom. The van der Waals surface area contributed by atoms with Gasteiger partial charge in [0.2, 0.25) is 12.3 Å². The van der Waals surface area contributed by atoms with Crippen molar-refractivity contribution in [2.24, 2.45) is 0 Å². The van der Waals surface area contributed by atoms with E-state index in [1.54, 1.807) is 47.4 Å². The Bertz CT molecular complexity index is 2390. The smallest absolute Gasteiger partial charge is 0.260 e. The molecule has 2 aliphatic heterocycles. The van der Waals surface area contributed by atoms with Gasteiger partial charge in [-0.15, -0.1) is 0 Å². The molecule has 13 heteroatoms. The summed E-state index contributed by atoms with van der Waals surface area (Å²) in [6.07, 6.45) is 2.19. The highest BCUT2D eigenvalue weighted by molar-refractivity contribution is 6.11. The van der Waals surface area contributed by atoms with Crippen molar-refractivity contribution < 1.29 is 33.3 Å². The molecular formula is C47H52N6O7. The second-order valence-corrected chi connectivity index (χ2v) is 15.0. The van der Waals surface area contributed by atoms with E-state index >= 15 is 0 Å². The van der Waals surface area contributed by atoms with E-state index in [1.807, 2.05) is 72.5 Å². The lowest BCUT2D eigenvalue weighted by Crippen LogP contribution is -2.37. The molecule has 0 aliphatic carbocycles. The molecule has 0 radical (unpaired) electrons. The maximum atomic E-state index is 14.1. The van der Waals surface area contributed by atoms with Crippen LogP contribution < -0.4 is 50.4 Å². The lowest BCUT2D eigenvalue weighted by Gasteiger charge is -2.26. The van der Waals surface area contributed by atoms with Gasteiger partial charge in [-0.3, -0.25) is 14.4 Å². The summed E-state index contributed by atoms with van der Waals surface area (Å²) in [6.45, 7) is 4.61. The Hall–Kier alpha value is -6.73. The summed E-state index contributed by atoms with van der Waals surface area (Å²) in [4.78, 5) is 40.4. The topological polar surface area (TPSA) is 152 Å². The van der Waals surface area contributed by atoms with E-state index in [0.29, 0.717) is 52.9 Å². The Kier molecular flexibility index (Phi) is 12.7. The summed E-state index contributed by atoms with van der Waals surface area (Å²) in [5, 5.41) is 15.6. The second kappa shape index (κ2) is 18.5. The van der Waals surface area contributed by atoms with Gasteiger partial charge in [0.15, 0.2) is 23.0 Å². The first-order valence-electron chi connectivity index (χ1n) is 20.1. The minimum Gasteiger partial charge on any atom is -0.493 e. The molecule has 3 amide bonds. The van der Waals surface area contributed by atoms with Crippen LogP contribution in [0.4, 0.5) is 22.7 Å². The molecule has 0 aromatic heterocycles. The molecule has 5 aromatic rings. The lowest BCUT2D eigenvalue weighted by atomic mass is 9.92. The van der Waals surface area contributed by atoms with Crippen molar-refractivity contribution in [3.05, 3.63) is 119 Å². The van der Waals surface area contributed by atoms with Crippen LogP contribution in [0.3, 0.4) is 0 Å². The fourth-order valence-electron chi connectivity index (χ4n) is 7.87. The normalized spacial score (nSPS) is 15.7. The van der Waals surface area contributed by atoms with Crippen LogP contribution in [-0.2, 0) is 35.6 Å². The maximum absolute atomic E-state index is 14.1. The van der Waals surface area contributed by atoms with E-state index in [-0.39, 0.29) is 37.1 Å². The average molecular weight is 813 g/mol. The molecule has 5 aromatic carbocycles. The predicted molar refractivity (Wildman–Crippen MR) is 235 cm³/mol. The van der Waals surface area contributed by atoms with Gasteiger partial charge in [-0.25, -0.2) is 0 Å². The Labute approximate surface area is 350 Å². The average Bonchev–Trinajstić information content (AvgIpc) is 3.60. The molecule has 2 heterocycles. The zero-order valence-electron chi connectivity index (χ0n) is 34.8. The lowest BCUT2D eigenvalue weighted by molar-refractivity contribution is -0.117. The molecule has 7 rings (SSSR count). The van der Waals surface area contributed by atoms with E-state index in [9.17, 15) is 14.4 Å². The molecule has 3 atom stereocenters. The number of fused-ring (bicyclic) bond motifs is 4. The Morgan fingerprint density at radius 3 is 2.17 bits per heavy atom. The van der Waals surface area contributed by atoms with Crippen LogP contribution in [0.25, 0.3) is 11.1 Å². The third kappa shape index (κ3) is 8.81. The van der Waals surface area contributed by atoms with Crippen LogP contribution in [-0.4, -0.2) is 71.2 Å². The van der Waals surface area contributed by atoms with Gasteiger partial charge >= 0.3 is 0 Å². The van der Waals surface area contributed by atoms with Gasteiger partial charge in [-0.2, -0.15) is 0 Å². The summed E-state index contributed by atoms with van der Waals surface area (Å²) in [7, 11) is 6.65. The monoisotopic (exact) mass is 812 g/mol. The molecule has 0 saturated heterocycles. The SMILES string of the molecule is CNc1cc(OCc2cc(COc3cc4c(cc3OC)-c3ccccc3CC(NC=O)CN4)cc(NC(=O)C(C)NC)c2)c(OC)cc1C(=O)N1c2ccccc2C[C@H]1C. The fraction of sp³-hybridized carbons (Fsp3) is 0.298. The van der Waals surface area contributed by atoms with Crippen LogP contribution in [0.1, 0.15) is 46.5 Å². The van der Waals surface area contributed by atoms with Crippen LogP contribution in [0.15, 0.2) is 91.0 Å². The van der Waals surface area contributed by atoms with Gasteiger partial charge in [0.1, 0.15) is 13.2 Å². The predicted octanol–water partition coefficient (Wildman–Crippen LogP) is 6.79. The first-order valence-corrected chi connectivity index (χ1v) is 20.1. The van der Waals surface area contributed by atoms with Crippen molar-refractivity contribution in [1.82, 2.24) is 10.6 Å². The van der Waals surface area contributed by atoms with Crippen molar-refractivity contribution >= 4 is 41.0 Å².